The molecule has 1 heterocycles. The highest BCUT2D eigenvalue weighted by Gasteiger charge is 2.14. The van der Waals surface area contributed by atoms with E-state index in [1.807, 2.05) is 25.1 Å². The van der Waals surface area contributed by atoms with Gasteiger partial charge in [-0.05, 0) is 51.2 Å². The number of hydrogen-bond donors (Lipinski definition) is 2. The summed E-state index contributed by atoms with van der Waals surface area (Å²) >= 11 is 0. The van der Waals surface area contributed by atoms with Crippen molar-refractivity contribution < 1.29 is 14.2 Å². The van der Waals surface area contributed by atoms with Crippen molar-refractivity contribution in [3.8, 4) is 5.75 Å². The Balaban J connectivity index is 0.00000392. The minimum Gasteiger partial charge on any atom is -0.494 e. The van der Waals surface area contributed by atoms with Crippen molar-refractivity contribution in [3.05, 3.63) is 29.8 Å². The predicted octanol–water partition coefficient (Wildman–Crippen LogP) is 3.39. The van der Waals surface area contributed by atoms with E-state index in [9.17, 15) is 0 Å². The molecule has 2 N–H and O–H groups in total. The fourth-order valence-corrected chi connectivity index (χ4v) is 3.01. The van der Waals surface area contributed by atoms with Gasteiger partial charge < -0.3 is 24.8 Å². The zero-order valence-electron chi connectivity index (χ0n) is 17.2. The van der Waals surface area contributed by atoms with Crippen molar-refractivity contribution in [3.63, 3.8) is 0 Å². The Morgan fingerprint density at radius 1 is 1.25 bits per heavy atom. The van der Waals surface area contributed by atoms with Crippen LogP contribution in [-0.2, 0) is 15.9 Å². The molecule has 2 rings (SSSR count). The second-order valence-corrected chi connectivity index (χ2v) is 6.54. The van der Waals surface area contributed by atoms with Crippen molar-refractivity contribution in [2.75, 3.05) is 46.1 Å². The van der Waals surface area contributed by atoms with Crippen molar-refractivity contribution in [1.29, 1.82) is 0 Å². The van der Waals surface area contributed by atoms with Gasteiger partial charge in [-0.25, -0.2) is 0 Å². The summed E-state index contributed by atoms with van der Waals surface area (Å²) < 4.78 is 16.9. The van der Waals surface area contributed by atoms with Crippen molar-refractivity contribution in [1.82, 2.24) is 10.6 Å². The number of guanidine groups is 1. The lowest BCUT2D eigenvalue weighted by Crippen LogP contribution is -2.38. The van der Waals surface area contributed by atoms with Crippen LogP contribution in [-0.4, -0.2) is 58.1 Å². The minimum absolute atomic E-state index is 0. The van der Waals surface area contributed by atoms with Crippen LogP contribution in [0.3, 0.4) is 0 Å². The van der Waals surface area contributed by atoms with Crippen molar-refractivity contribution >= 4 is 29.9 Å². The molecule has 0 aliphatic carbocycles. The average molecular weight is 505 g/mol. The summed E-state index contributed by atoms with van der Waals surface area (Å²) in [5.41, 5.74) is 1.21. The van der Waals surface area contributed by atoms with Crippen LogP contribution in [0.15, 0.2) is 29.3 Å². The van der Waals surface area contributed by atoms with Crippen LogP contribution >= 0.6 is 24.0 Å². The van der Waals surface area contributed by atoms with Crippen molar-refractivity contribution in [2.24, 2.45) is 4.99 Å². The molecule has 0 bridgehead atoms. The fraction of sp³-hybridized carbons (Fsp3) is 0.667. The summed E-state index contributed by atoms with van der Waals surface area (Å²) in [5.74, 6) is 1.82. The van der Waals surface area contributed by atoms with E-state index in [2.05, 4.69) is 28.6 Å². The molecule has 1 fully saturated rings. The Bertz CT molecular complexity index is 551. The van der Waals surface area contributed by atoms with Crippen LogP contribution < -0.4 is 15.4 Å². The highest BCUT2D eigenvalue weighted by Crippen LogP contribution is 2.18. The first-order valence-electron chi connectivity index (χ1n) is 10.3. The third-order valence-corrected chi connectivity index (χ3v) is 4.35. The molecule has 0 spiro atoms. The molecule has 0 saturated carbocycles. The van der Waals surface area contributed by atoms with Gasteiger partial charge >= 0.3 is 0 Å². The van der Waals surface area contributed by atoms with E-state index in [4.69, 9.17) is 14.2 Å². The largest absolute Gasteiger partial charge is 0.494 e. The smallest absolute Gasteiger partial charge is 0.191 e. The molecule has 1 aliphatic rings. The SMILES string of the molecule is CCNC(=NCCCOCC1CCCO1)NCCc1ccccc1OCC.I. The van der Waals surface area contributed by atoms with Gasteiger partial charge in [-0.15, -0.1) is 24.0 Å². The summed E-state index contributed by atoms with van der Waals surface area (Å²) in [6.07, 6.45) is 4.39. The van der Waals surface area contributed by atoms with E-state index in [0.717, 1.165) is 70.2 Å². The van der Waals surface area contributed by atoms with Gasteiger partial charge in [0.2, 0.25) is 0 Å². The van der Waals surface area contributed by atoms with E-state index in [1.54, 1.807) is 0 Å². The summed E-state index contributed by atoms with van der Waals surface area (Å²) in [4.78, 5) is 4.62. The summed E-state index contributed by atoms with van der Waals surface area (Å²) in [5, 5.41) is 6.69. The maximum absolute atomic E-state index is 5.69. The summed E-state index contributed by atoms with van der Waals surface area (Å²) in [6, 6.07) is 8.19. The van der Waals surface area contributed by atoms with Crippen LogP contribution in [0.25, 0.3) is 0 Å². The summed E-state index contributed by atoms with van der Waals surface area (Å²) in [6.45, 7) is 9.49. The van der Waals surface area contributed by atoms with Crippen molar-refractivity contribution in [2.45, 2.75) is 45.6 Å². The lowest BCUT2D eigenvalue weighted by Gasteiger charge is -2.13. The first kappa shape index (κ1) is 25.0. The van der Waals surface area contributed by atoms with Crippen LogP contribution in [0.4, 0.5) is 0 Å². The van der Waals surface area contributed by atoms with Gasteiger partial charge in [-0.1, -0.05) is 18.2 Å². The second-order valence-electron chi connectivity index (χ2n) is 6.54. The molecule has 7 heteroatoms. The number of hydrogen-bond acceptors (Lipinski definition) is 4. The molecule has 1 atom stereocenters. The molecule has 1 aromatic carbocycles. The standard InChI is InChI=1S/C21H35N3O3.HI/c1-3-22-21(23-13-8-15-25-17-19-10-7-16-27-19)24-14-12-18-9-5-6-11-20(18)26-4-2;/h5-6,9,11,19H,3-4,7-8,10,12-17H2,1-2H3,(H2,22,23,24);1H. The van der Waals surface area contributed by atoms with Gasteiger partial charge in [0.25, 0.3) is 0 Å². The van der Waals surface area contributed by atoms with Crippen LogP contribution in [0.1, 0.15) is 38.7 Å². The third kappa shape index (κ3) is 9.93. The molecular weight excluding hydrogens is 469 g/mol. The third-order valence-electron chi connectivity index (χ3n) is 4.35. The Kier molecular flexibility index (Phi) is 14.1. The molecule has 0 aromatic heterocycles. The fourth-order valence-electron chi connectivity index (χ4n) is 3.01. The lowest BCUT2D eigenvalue weighted by molar-refractivity contribution is 0.0171. The minimum atomic E-state index is 0. The maximum atomic E-state index is 5.69. The monoisotopic (exact) mass is 505 g/mol. The van der Waals surface area contributed by atoms with Crippen LogP contribution in [0.2, 0.25) is 0 Å². The van der Waals surface area contributed by atoms with Gasteiger partial charge in [0.15, 0.2) is 5.96 Å². The van der Waals surface area contributed by atoms with E-state index in [1.165, 1.54) is 5.56 Å². The molecule has 6 nitrogen and oxygen atoms in total. The summed E-state index contributed by atoms with van der Waals surface area (Å²) in [7, 11) is 0. The number of halogens is 1. The molecule has 1 aliphatic heterocycles. The normalized spacial score (nSPS) is 16.5. The Morgan fingerprint density at radius 2 is 2.11 bits per heavy atom. The molecule has 1 unspecified atom stereocenters. The molecule has 160 valence electrons. The van der Waals surface area contributed by atoms with Gasteiger partial charge in [0.05, 0.1) is 19.3 Å². The topological polar surface area (TPSA) is 64.1 Å². The Labute approximate surface area is 186 Å². The molecule has 1 saturated heterocycles. The number of nitrogens with one attached hydrogen (secondary N) is 2. The number of aliphatic imine (C=N–C) groups is 1. The van der Waals surface area contributed by atoms with Crippen LogP contribution in [0.5, 0.6) is 5.75 Å². The molecule has 1 aromatic rings. The molecule has 28 heavy (non-hydrogen) atoms. The number of nitrogens with zero attached hydrogens (tertiary/aromatic N) is 1. The lowest BCUT2D eigenvalue weighted by atomic mass is 10.1. The second kappa shape index (κ2) is 15.8. The number of para-hydroxylation sites is 1. The first-order chi connectivity index (χ1) is 13.3. The average Bonchev–Trinajstić information content (AvgIpc) is 3.19. The predicted molar refractivity (Wildman–Crippen MR) is 125 cm³/mol. The highest BCUT2D eigenvalue weighted by molar-refractivity contribution is 14.0. The van der Waals surface area contributed by atoms with Gasteiger partial charge in [-0.2, -0.15) is 0 Å². The van der Waals surface area contributed by atoms with Crippen LogP contribution in [0, 0.1) is 0 Å². The van der Waals surface area contributed by atoms with Gasteiger partial charge in [-0.3, -0.25) is 4.99 Å². The first-order valence-corrected chi connectivity index (χ1v) is 10.3. The Hall–Kier alpha value is -1.06. The van der Waals surface area contributed by atoms with Gasteiger partial charge in [0.1, 0.15) is 5.75 Å². The highest BCUT2D eigenvalue weighted by atomic mass is 127. The van der Waals surface area contributed by atoms with E-state index in [-0.39, 0.29) is 24.0 Å². The number of ether oxygens (including phenoxy) is 3. The zero-order valence-corrected chi connectivity index (χ0v) is 19.6. The van der Waals surface area contributed by atoms with E-state index < -0.39 is 0 Å². The number of rotatable bonds is 12. The van der Waals surface area contributed by atoms with E-state index >= 15 is 0 Å². The molecular formula is C21H36IN3O3. The zero-order chi connectivity index (χ0) is 19.2. The molecule has 0 radical (unpaired) electrons. The maximum Gasteiger partial charge on any atom is 0.191 e. The Morgan fingerprint density at radius 3 is 2.86 bits per heavy atom. The number of benzene rings is 1. The quantitative estimate of drug-likeness (QED) is 0.197. The van der Waals surface area contributed by atoms with Gasteiger partial charge in [0, 0.05) is 32.8 Å². The van der Waals surface area contributed by atoms with E-state index in [0.29, 0.717) is 19.3 Å². The molecule has 0 amide bonds.